The molecule has 1 aromatic carbocycles. The van der Waals surface area contributed by atoms with Gasteiger partial charge >= 0.3 is 0 Å². The molecule has 9 heteroatoms. The Kier molecular flexibility index (Phi) is 6.27. The van der Waals surface area contributed by atoms with Crippen LogP contribution in [0.3, 0.4) is 0 Å². The van der Waals surface area contributed by atoms with Crippen molar-refractivity contribution < 1.29 is 5.11 Å². The molecule has 0 amide bonds. The number of para-hydroxylation sites is 1. The molecule has 3 N–H and O–H groups in total. The summed E-state index contributed by atoms with van der Waals surface area (Å²) in [6.07, 6.45) is 1.94. The zero-order valence-corrected chi connectivity index (χ0v) is 20.6. The van der Waals surface area contributed by atoms with Crippen LogP contribution in [0.2, 0.25) is 0 Å². The maximum absolute atomic E-state index is 9.73. The monoisotopic (exact) mass is 480 g/mol. The number of rotatable bonds is 7. The molecule has 4 aromatic rings. The van der Waals surface area contributed by atoms with Gasteiger partial charge in [0.15, 0.2) is 0 Å². The van der Waals surface area contributed by atoms with Crippen LogP contribution in [-0.4, -0.2) is 37.7 Å². The van der Waals surface area contributed by atoms with Crippen LogP contribution in [-0.2, 0) is 6.54 Å². The lowest BCUT2D eigenvalue weighted by molar-refractivity contribution is 0.201. The van der Waals surface area contributed by atoms with Gasteiger partial charge in [-0.05, 0) is 50.7 Å². The molecule has 33 heavy (non-hydrogen) atoms. The Morgan fingerprint density at radius 3 is 2.67 bits per heavy atom. The van der Waals surface area contributed by atoms with E-state index in [0.717, 1.165) is 55.8 Å². The largest absolute Gasteiger partial charge is 0.396 e. The molecule has 0 unspecified atom stereocenters. The first-order valence-corrected chi connectivity index (χ1v) is 13.0. The molecule has 3 aromatic heterocycles. The number of fused-ring (bicyclic) bond motifs is 1. The highest BCUT2D eigenvalue weighted by molar-refractivity contribution is 7.21. The summed E-state index contributed by atoms with van der Waals surface area (Å²) < 4.78 is 1.15. The van der Waals surface area contributed by atoms with Crippen LogP contribution in [0.1, 0.15) is 36.2 Å². The average molecular weight is 481 g/mol. The number of nitrogens with one attached hydrogen (secondary N) is 2. The predicted molar refractivity (Wildman–Crippen MR) is 136 cm³/mol. The molecule has 172 valence electrons. The number of aromatic nitrogens is 4. The molecule has 7 nitrogen and oxygen atoms in total. The van der Waals surface area contributed by atoms with Crippen LogP contribution in [0.25, 0.3) is 20.8 Å². The molecule has 1 aliphatic carbocycles. The van der Waals surface area contributed by atoms with E-state index in [0.29, 0.717) is 24.3 Å². The second-order valence-electron chi connectivity index (χ2n) is 8.81. The van der Waals surface area contributed by atoms with E-state index < -0.39 is 0 Å². The third-order valence-electron chi connectivity index (χ3n) is 6.29. The van der Waals surface area contributed by atoms with Crippen molar-refractivity contribution in [2.45, 2.75) is 46.2 Å². The number of benzene rings is 1. The van der Waals surface area contributed by atoms with Crippen LogP contribution < -0.4 is 10.6 Å². The highest BCUT2D eigenvalue weighted by Gasteiger charge is 2.32. The van der Waals surface area contributed by atoms with Crippen molar-refractivity contribution in [2.75, 3.05) is 17.2 Å². The smallest absolute Gasteiger partial charge is 0.225 e. The third kappa shape index (κ3) is 4.71. The molecule has 0 radical (unpaired) electrons. The third-order valence-corrected chi connectivity index (χ3v) is 8.31. The first-order chi connectivity index (χ1) is 16.0. The number of aliphatic hydroxyl groups excluding tert-OH is 1. The standard InChI is InChI=1S/C24H28N6OS2/c1-13-8-17(9-16(13)11-31)28-22-21(23-29-18-6-4-5-7-19(18)33-23)15(3)27-24(30-22)25-10-20-26-14(2)12-32-20/h4-7,12-13,16-17,31H,8-11H2,1-3H3,(H2,25,27,28,30)/t13-,16+,17-/m0/s1. The van der Waals surface area contributed by atoms with E-state index in [9.17, 15) is 5.11 Å². The van der Waals surface area contributed by atoms with E-state index in [1.807, 2.05) is 37.4 Å². The summed E-state index contributed by atoms with van der Waals surface area (Å²) in [5, 5.41) is 20.7. The second kappa shape index (κ2) is 9.32. The molecule has 3 atom stereocenters. The molecular formula is C24H28N6OS2. The van der Waals surface area contributed by atoms with Crippen LogP contribution in [0.5, 0.6) is 0 Å². The fourth-order valence-electron chi connectivity index (χ4n) is 4.53. The van der Waals surface area contributed by atoms with Crippen molar-refractivity contribution in [3.05, 3.63) is 46.0 Å². The Labute approximate surface area is 201 Å². The number of hydrogen-bond acceptors (Lipinski definition) is 9. The summed E-state index contributed by atoms with van der Waals surface area (Å²) in [6.45, 7) is 7.04. The number of anilines is 2. The van der Waals surface area contributed by atoms with E-state index in [4.69, 9.17) is 15.0 Å². The van der Waals surface area contributed by atoms with Crippen molar-refractivity contribution in [2.24, 2.45) is 11.8 Å². The van der Waals surface area contributed by atoms with Crippen molar-refractivity contribution in [3.63, 3.8) is 0 Å². The number of aryl methyl sites for hydroxylation is 2. The molecule has 1 aliphatic rings. The van der Waals surface area contributed by atoms with Gasteiger partial charge in [-0.1, -0.05) is 19.1 Å². The van der Waals surface area contributed by atoms with Crippen molar-refractivity contribution in [1.82, 2.24) is 19.9 Å². The van der Waals surface area contributed by atoms with Gasteiger partial charge in [0.05, 0.1) is 28.0 Å². The summed E-state index contributed by atoms with van der Waals surface area (Å²) in [5.41, 5.74) is 3.84. The van der Waals surface area contributed by atoms with E-state index in [1.165, 1.54) is 0 Å². The molecule has 3 heterocycles. The molecule has 1 saturated carbocycles. The van der Waals surface area contributed by atoms with Gasteiger partial charge in [-0.15, -0.1) is 22.7 Å². The van der Waals surface area contributed by atoms with E-state index in [-0.39, 0.29) is 12.6 Å². The van der Waals surface area contributed by atoms with Crippen molar-refractivity contribution in [3.8, 4) is 10.6 Å². The summed E-state index contributed by atoms with van der Waals surface area (Å²) in [5.74, 6) is 2.18. The van der Waals surface area contributed by atoms with Crippen molar-refractivity contribution in [1.29, 1.82) is 0 Å². The number of aliphatic hydroxyl groups is 1. The molecule has 0 saturated heterocycles. The normalized spacial score (nSPS) is 20.4. The lowest BCUT2D eigenvalue weighted by atomic mass is 10.00. The highest BCUT2D eigenvalue weighted by Crippen LogP contribution is 2.39. The molecule has 0 bridgehead atoms. The fraction of sp³-hybridized carbons (Fsp3) is 0.417. The minimum atomic E-state index is 0.229. The van der Waals surface area contributed by atoms with E-state index in [1.54, 1.807) is 22.7 Å². The molecule has 5 rings (SSSR count). The maximum Gasteiger partial charge on any atom is 0.225 e. The predicted octanol–water partition coefficient (Wildman–Crippen LogP) is 5.26. The van der Waals surface area contributed by atoms with Gasteiger partial charge in [0.2, 0.25) is 5.95 Å². The van der Waals surface area contributed by atoms with Gasteiger partial charge < -0.3 is 15.7 Å². The number of nitrogens with zero attached hydrogens (tertiary/aromatic N) is 4. The first kappa shape index (κ1) is 22.2. The zero-order chi connectivity index (χ0) is 22.9. The molecular weight excluding hydrogens is 452 g/mol. The second-order valence-corrected chi connectivity index (χ2v) is 10.8. The summed E-state index contributed by atoms with van der Waals surface area (Å²) >= 11 is 3.29. The van der Waals surface area contributed by atoms with Crippen molar-refractivity contribution >= 4 is 44.7 Å². The lowest BCUT2D eigenvalue weighted by Crippen LogP contribution is -2.19. The Morgan fingerprint density at radius 1 is 1.09 bits per heavy atom. The van der Waals surface area contributed by atoms with Gasteiger partial charge in [0, 0.05) is 23.7 Å². The zero-order valence-electron chi connectivity index (χ0n) is 19.0. The summed E-state index contributed by atoms with van der Waals surface area (Å²) in [4.78, 5) is 19.1. The topological polar surface area (TPSA) is 95.9 Å². The van der Waals surface area contributed by atoms with Crippen LogP contribution in [0.4, 0.5) is 11.8 Å². The minimum Gasteiger partial charge on any atom is -0.396 e. The fourth-order valence-corrected chi connectivity index (χ4v) is 6.31. The number of thiazole rings is 2. The van der Waals surface area contributed by atoms with Gasteiger partial charge in [-0.3, -0.25) is 0 Å². The van der Waals surface area contributed by atoms with E-state index in [2.05, 4.69) is 28.6 Å². The number of hydrogen-bond donors (Lipinski definition) is 3. The van der Waals surface area contributed by atoms with Crippen LogP contribution in [0, 0.1) is 25.7 Å². The summed E-state index contributed by atoms with van der Waals surface area (Å²) in [7, 11) is 0. The minimum absolute atomic E-state index is 0.229. The quantitative estimate of drug-likeness (QED) is 0.332. The molecule has 1 fully saturated rings. The lowest BCUT2D eigenvalue weighted by Gasteiger charge is -2.18. The van der Waals surface area contributed by atoms with Gasteiger partial charge in [-0.2, -0.15) is 4.98 Å². The highest BCUT2D eigenvalue weighted by atomic mass is 32.1. The van der Waals surface area contributed by atoms with Gasteiger partial charge in [0.1, 0.15) is 15.8 Å². The van der Waals surface area contributed by atoms with Crippen LogP contribution >= 0.6 is 22.7 Å². The Bertz CT molecular complexity index is 1240. The molecule has 0 aliphatic heterocycles. The average Bonchev–Trinajstić information content (AvgIpc) is 3.49. The Morgan fingerprint density at radius 2 is 1.94 bits per heavy atom. The van der Waals surface area contributed by atoms with Gasteiger partial charge in [-0.25, -0.2) is 15.0 Å². The Hall–Kier alpha value is -2.62. The van der Waals surface area contributed by atoms with Crippen LogP contribution in [0.15, 0.2) is 29.6 Å². The SMILES string of the molecule is Cc1csc(CNc2nc(C)c(-c3nc4ccccc4s3)c(N[C@@H]3C[C@H](CO)[C@@H](C)C3)n2)n1. The summed E-state index contributed by atoms with van der Waals surface area (Å²) in [6, 6.07) is 8.44. The van der Waals surface area contributed by atoms with E-state index >= 15 is 0 Å². The first-order valence-electron chi connectivity index (χ1n) is 11.3. The Balaban J connectivity index is 1.49. The maximum atomic E-state index is 9.73. The molecule has 0 spiro atoms. The van der Waals surface area contributed by atoms with Gasteiger partial charge in [0.25, 0.3) is 0 Å².